The monoisotopic (exact) mass is 239 g/mol. The molecule has 1 fully saturated rings. The summed E-state index contributed by atoms with van der Waals surface area (Å²) in [6.45, 7) is 4.55. The highest BCUT2D eigenvalue weighted by molar-refractivity contribution is 5.46. The van der Waals surface area contributed by atoms with Crippen molar-refractivity contribution in [1.29, 1.82) is 0 Å². The summed E-state index contributed by atoms with van der Waals surface area (Å²) in [6, 6.07) is 0.440. The van der Waals surface area contributed by atoms with Gasteiger partial charge in [0.1, 0.15) is 0 Å². The summed E-state index contributed by atoms with van der Waals surface area (Å²) in [4.78, 5) is 10.6. The standard InChI is InChI=1S/C15H29NO/c1-3-5-9-15(10-6-4-2)11-7-8-14(12-15)16-13-17/h13-14H,3-12H2,1-2H3,(H,16,17). The van der Waals surface area contributed by atoms with Crippen molar-refractivity contribution < 1.29 is 4.79 Å². The van der Waals surface area contributed by atoms with Gasteiger partial charge in [0.05, 0.1) is 0 Å². The first-order chi connectivity index (χ1) is 8.26. The number of nitrogens with one attached hydrogen (secondary N) is 1. The summed E-state index contributed by atoms with van der Waals surface area (Å²) >= 11 is 0. The van der Waals surface area contributed by atoms with Crippen molar-refractivity contribution in [3.63, 3.8) is 0 Å². The van der Waals surface area contributed by atoms with Crippen LogP contribution in [-0.2, 0) is 4.79 Å². The number of hydrogen-bond donors (Lipinski definition) is 1. The smallest absolute Gasteiger partial charge is 0.207 e. The van der Waals surface area contributed by atoms with Crippen molar-refractivity contribution in [3.05, 3.63) is 0 Å². The molecule has 1 rings (SSSR count). The van der Waals surface area contributed by atoms with Crippen LogP contribution in [0.15, 0.2) is 0 Å². The molecule has 1 aliphatic carbocycles. The van der Waals surface area contributed by atoms with Gasteiger partial charge in [-0.05, 0) is 37.5 Å². The van der Waals surface area contributed by atoms with Crippen LogP contribution < -0.4 is 5.32 Å². The van der Waals surface area contributed by atoms with Crippen LogP contribution in [0, 0.1) is 5.41 Å². The van der Waals surface area contributed by atoms with E-state index in [1.165, 1.54) is 64.2 Å². The molecule has 1 aliphatic rings. The normalized spacial score (nSPS) is 23.3. The highest BCUT2D eigenvalue weighted by Gasteiger charge is 2.34. The van der Waals surface area contributed by atoms with Crippen molar-refractivity contribution in [2.24, 2.45) is 5.41 Å². The Hall–Kier alpha value is -0.530. The quantitative estimate of drug-likeness (QED) is 0.636. The Morgan fingerprint density at radius 3 is 2.41 bits per heavy atom. The molecule has 1 unspecified atom stereocenters. The lowest BCUT2D eigenvalue weighted by molar-refractivity contribution is -0.110. The van der Waals surface area contributed by atoms with Crippen molar-refractivity contribution in [2.45, 2.75) is 84.1 Å². The van der Waals surface area contributed by atoms with Gasteiger partial charge in [-0.15, -0.1) is 0 Å². The van der Waals surface area contributed by atoms with E-state index in [-0.39, 0.29) is 0 Å². The van der Waals surface area contributed by atoms with Crippen LogP contribution in [0.2, 0.25) is 0 Å². The molecule has 0 bridgehead atoms. The summed E-state index contributed by atoms with van der Waals surface area (Å²) in [5.41, 5.74) is 0.533. The van der Waals surface area contributed by atoms with E-state index in [4.69, 9.17) is 0 Å². The second-order valence-electron chi connectivity index (χ2n) is 5.78. The third-order valence-electron chi connectivity index (χ3n) is 4.36. The molecule has 1 atom stereocenters. The van der Waals surface area contributed by atoms with Gasteiger partial charge in [-0.25, -0.2) is 0 Å². The Morgan fingerprint density at radius 1 is 1.24 bits per heavy atom. The topological polar surface area (TPSA) is 29.1 Å². The number of hydrogen-bond acceptors (Lipinski definition) is 1. The van der Waals surface area contributed by atoms with Crippen LogP contribution in [-0.4, -0.2) is 12.5 Å². The molecule has 1 saturated carbocycles. The zero-order chi connectivity index (χ0) is 12.6. The third-order valence-corrected chi connectivity index (χ3v) is 4.36. The highest BCUT2D eigenvalue weighted by atomic mass is 16.1. The van der Waals surface area contributed by atoms with Gasteiger partial charge >= 0.3 is 0 Å². The van der Waals surface area contributed by atoms with E-state index in [9.17, 15) is 4.79 Å². The van der Waals surface area contributed by atoms with Gasteiger partial charge in [0, 0.05) is 6.04 Å². The van der Waals surface area contributed by atoms with Gasteiger partial charge < -0.3 is 5.32 Å². The minimum atomic E-state index is 0.440. The number of amides is 1. The lowest BCUT2D eigenvalue weighted by Crippen LogP contribution is -2.39. The van der Waals surface area contributed by atoms with Crippen molar-refractivity contribution in [1.82, 2.24) is 5.32 Å². The fourth-order valence-corrected chi connectivity index (χ4v) is 3.37. The summed E-state index contributed by atoms with van der Waals surface area (Å²) in [5.74, 6) is 0. The zero-order valence-corrected chi connectivity index (χ0v) is 11.6. The first-order valence-electron chi connectivity index (χ1n) is 7.46. The lowest BCUT2D eigenvalue weighted by Gasteiger charge is -2.41. The van der Waals surface area contributed by atoms with Gasteiger partial charge in [0.15, 0.2) is 0 Å². The molecular weight excluding hydrogens is 210 g/mol. The summed E-state index contributed by atoms with van der Waals surface area (Å²) in [5, 5.41) is 3.01. The van der Waals surface area contributed by atoms with Gasteiger partial charge in [-0.1, -0.05) is 46.0 Å². The molecule has 1 amide bonds. The van der Waals surface area contributed by atoms with Gasteiger partial charge in [-0.3, -0.25) is 4.79 Å². The molecule has 0 aromatic rings. The van der Waals surface area contributed by atoms with Crippen molar-refractivity contribution in [3.8, 4) is 0 Å². The lowest BCUT2D eigenvalue weighted by atomic mass is 9.66. The Bertz CT molecular complexity index is 207. The molecule has 0 heterocycles. The molecule has 0 spiro atoms. The second kappa shape index (κ2) is 7.73. The summed E-state index contributed by atoms with van der Waals surface area (Å²) in [6.07, 6.45) is 13.9. The average molecular weight is 239 g/mol. The van der Waals surface area contributed by atoms with E-state index in [1.807, 2.05) is 0 Å². The Labute approximate surface area is 107 Å². The van der Waals surface area contributed by atoms with Crippen LogP contribution in [0.25, 0.3) is 0 Å². The maximum Gasteiger partial charge on any atom is 0.207 e. The zero-order valence-electron chi connectivity index (χ0n) is 11.6. The third kappa shape index (κ3) is 4.69. The fourth-order valence-electron chi connectivity index (χ4n) is 3.37. The molecule has 0 saturated heterocycles. The molecule has 0 radical (unpaired) electrons. The van der Waals surface area contributed by atoms with Crippen LogP contribution in [0.5, 0.6) is 0 Å². The van der Waals surface area contributed by atoms with Crippen LogP contribution in [0.3, 0.4) is 0 Å². The Balaban J connectivity index is 2.56. The molecular formula is C15H29NO. The number of rotatable bonds is 8. The van der Waals surface area contributed by atoms with Crippen molar-refractivity contribution in [2.75, 3.05) is 0 Å². The number of unbranched alkanes of at least 4 members (excludes halogenated alkanes) is 2. The SMILES string of the molecule is CCCCC1(CCCC)CCCC(NC=O)C1. The molecule has 17 heavy (non-hydrogen) atoms. The van der Waals surface area contributed by atoms with Crippen molar-refractivity contribution >= 4 is 6.41 Å². The number of carbonyl (C=O) groups is 1. The molecule has 1 N–H and O–H groups in total. The van der Waals surface area contributed by atoms with E-state index in [0.29, 0.717) is 11.5 Å². The maximum absolute atomic E-state index is 10.6. The minimum absolute atomic E-state index is 0.440. The molecule has 100 valence electrons. The van der Waals surface area contributed by atoms with E-state index >= 15 is 0 Å². The van der Waals surface area contributed by atoms with E-state index in [0.717, 1.165) is 6.41 Å². The van der Waals surface area contributed by atoms with Gasteiger partial charge in [0.25, 0.3) is 0 Å². The van der Waals surface area contributed by atoms with Crippen LogP contribution in [0.1, 0.15) is 78.1 Å². The first-order valence-corrected chi connectivity index (χ1v) is 7.46. The van der Waals surface area contributed by atoms with Crippen LogP contribution >= 0.6 is 0 Å². The van der Waals surface area contributed by atoms with Gasteiger partial charge in [-0.2, -0.15) is 0 Å². The van der Waals surface area contributed by atoms with E-state index < -0.39 is 0 Å². The minimum Gasteiger partial charge on any atom is -0.356 e. The predicted octanol–water partition coefficient (Wildman–Crippen LogP) is 4.04. The van der Waals surface area contributed by atoms with E-state index in [2.05, 4.69) is 19.2 Å². The maximum atomic E-state index is 10.6. The largest absolute Gasteiger partial charge is 0.356 e. The van der Waals surface area contributed by atoms with Gasteiger partial charge in [0.2, 0.25) is 6.41 Å². The Kier molecular flexibility index (Phi) is 6.61. The Morgan fingerprint density at radius 2 is 1.88 bits per heavy atom. The number of carbonyl (C=O) groups excluding carboxylic acids is 1. The highest BCUT2D eigenvalue weighted by Crippen LogP contribution is 2.44. The molecule has 2 heteroatoms. The summed E-state index contributed by atoms with van der Waals surface area (Å²) in [7, 11) is 0. The molecule has 0 aromatic carbocycles. The second-order valence-corrected chi connectivity index (χ2v) is 5.78. The first kappa shape index (κ1) is 14.5. The van der Waals surface area contributed by atoms with E-state index in [1.54, 1.807) is 0 Å². The molecule has 2 nitrogen and oxygen atoms in total. The predicted molar refractivity (Wildman–Crippen MR) is 72.9 cm³/mol. The average Bonchev–Trinajstić information content (AvgIpc) is 2.35. The summed E-state index contributed by atoms with van der Waals surface area (Å²) < 4.78 is 0. The van der Waals surface area contributed by atoms with Crippen LogP contribution in [0.4, 0.5) is 0 Å². The molecule has 0 aliphatic heterocycles. The molecule has 0 aromatic heterocycles. The fraction of sp³-hybridized carbons (Fsp3) is 0.933.